The summed E-state index contributed by atoms with van der Waals surface area (Å²) >= 11 is 0. The second kappa shape index (κ2) is 36.9. The van der Waals surface area contributed by atoms with Crippen LogP contribution >= 0.6 is 0 Å². The molecule has 0 N–H and O–H groups in total. The largest absolute Gasteiger partial charge is 0.0999 e. The molecule has 54 heavy (non-hydrogen) atoms. The molecule has 0 aliphatic carbocycles. The molecule has 0 nitrogen and oxygen atoms in total. The minimum atomic E-state index is 0.171. The molecular formula is C54H118. The Balaban J connectivity index is -0.0000000956. The van der Waals surface area contributed by atoms with Crippen molar-refractivity contribution in [3.63, 3.8) is 0 Å². The molecule has 0 saturated heterocycles. The van der Waals surface area contributed by atoms with E-state index in [1.54, 1.807) is 0 Å². The molecule has 0 fully saturated rings. The Morgan fingerprint density at radius 1 is 0.278 bits per heavy atom. The minimum Gasteiger partial charge on any atom is -0.0999 e. The SMILES string of the molecule is CC(C)C#CC(C)(C)C.CC(C)CC(C)(C)C.CC(C)CC(C)(C)C.CC(C)CC(C)(C)C.CC(C)CC(C)C.CC(C)CC(C)C.CC(C)CC(C)C. The fourth-order valence-corrected chi connectivity index (χ4v) is 6.86. The fraction of sp³-hybridized carbons (Fsp3) is 0.963. The van der Waals surface area contributed by atoms with Crippen molar-refractivity contribution in [2.75, 3.05) is 0 Å². The van der Waals surface area contributed by atoms with Crippen LogP contribution in [0.5, 0.6) is 0 Å². The third-order valence-electron chi connectivity index (χ3n) is 6.63. The van der Waals surface area contributed by atoms with Gasteiger partial charge >= 0.3 is 0 Å². The first-order chi connectivity index (χ1) is 23.5. The van der Waals surface area contributed by atoms with Crippen LogP contribution in [-0.2, 0) is 0 Å². The molecular weight excluding hydrogens is 649 g/mol. The number of hydrogen-bond donors (Lipinski definition) is 0. The van der Waals surface area contributed by atoms with E-state index >= 15 is 0 Å². The molecule has 0 aromatic carbocycles. The van der Waals surface area contributed by atoms with Gasteiger partial charge in [0.25, 0.3) is 0 Å². The van der Waals surface area contributed by atoms with Gasteiger partial charge in [-0.15, -0.1) is 0 Å². The van der Waals surface area contributed by atoms with Gasteiger partial charge in [-0.05, 0) is 129 Å². The van der Waals surface area contributed by atoms with E-state index in [2.05, 4.69) is 233 Å². The summed E-state index contributed by atoms with van der Waals surface area (Å²) in [5.74, 6) is 14.6. The lowest BCUT2D eigenvalue weighted by atomic mass is 9.86. The Hall–Kier alpha value is -0.440. The van der Waals surface area contributed by atoms with Gasteiger partial charge in [0.15, 0.2) is 0 Å². The lowest BCUT2D eigenvalue weighted by Crippen LogP contribution is -2.08. The third kappa shape index (κ3) is 124. The maximum atomic E-state index is 3.17. The van der Waals surface area contributed by atoms with Gasteiger partial charge in [-0.1, -0.05) is 213 Å². The highest BCUT2D eigenvalue weighted by Crippen LogP contribution is 2.24. The van der Waals surface area contributed by atoms with Crippen LogP contribution < -0.4 is 0 Å². The van der Waals surface area contributed by atoms with Crippen molar-refractivity contribution in [1.82, 2.24) is 0 Å². The van der Waals surface area contributed by atoms with Crippen LogP contribution in [0.4, 0.5) is 0 Å². The Morgan fingerprint density at radius 3 is 0.463 bits per heavy atom. The minimum absolute atomic E-state index is 0.171. The molecule has 334 valence electrons. The Morgan fingerprint density at radius 2 is 0.444 bits per heavy atom. The van der Waals surface area contributed by atoms with Crippen molar-refractivity contribution < 1.29 is 0 Å². The monoisotopic (exact) mass is 767 g/mol. The van der Waals surface area contributed by atoms with Gasteiger partial charge in [0, 0.05) is 11.3 Å². The maximum Gasteiger partial charge on any atom is 0.0230 e. The van der Waals surface area contributed by atoms with Crippen LogP contribution in [0.3, 0.4) is 0 Å². The summed E-state index contributed by atoms with van der Waals surface area (Å²) in [6.07, 6.45) is 8.06. The predicted molar refractivity (Wildman–Crippen MR) is 262 cm³/mol. The van der Waals surface area contributed by atoms with Gasteiger partial charge in [0.05, 0.1) is 0 Å². The quantitative estimate of drug-likeness (QED) is 0.205. The highest BCUT2D eigenvalue weighted by Gasteiger charge is 2.12. The van der Waals surface area contributed by atoms with Crippen molar-refractivity contribution in [3.05, 3.63) is 0 Å². The average molecular weight is 768 g/mol. The first kappa shape index (κ1) is 68.3. The lowest BCUT2D eigenvalue weighted by molar-refractivity contribution is 0.320. The Kier molecular flexibility index (Phi) is 46.6. The molecule has 0 aliphatic rings. The van der Waals surface area contributed by atoms with E-state index in [0.29, 0.717) is 22.2 Å². The van der Waals surface area contributed by atoms with Crippen molar-refractivity contribution in [2.45, 2.75) is 260 Å². The summed E-state index contributed by atoms with van der Waals surface area (Å²) in [5, 5.41) is 0. The van der Waals surface area contributed by atoms with Crippen LogP contribution in [0.15, 0.2) is 0 Å². The Bertz CT molecular complexity index is 672. The first-order valence-electron chi connectivity index (χ1n) is 23.1. The molecule has 0 bridgehead atoms. The van der Waals surface area contributed by atoms with Crippen LogP contribution in [0.2, 0.25) is 0 Å². The van der Waals surface area contributed by atoms with E-state index in [1.807, 2.05) is 0 Å². The molecule has 0 aliphatic heterocycles. The summed E-state index contributed by atoms with van der Waals surface area (Å²) in [6.45, 7) is 71.9. The summed E-state index contributed by atoms with van der Waals surface area (Å²) < 4.78 is 0. The standard InChI is InChI=1S/C9H16.3C8H18.3C7H16/c1-8(2)6-7-9(3,4)5;3*1-7(2)6-8(3,4)5;3*1-6(2)5-7(3)4/h8H,1-5H3;3*7H,6H2,1-5H3;3*6-7H,5H2,1-4H3. The van der Waals surface area contributed by atoms with Crippen molar-refractivity contribution in [1.29, 1.82) is 0 Å². The molecule has 0 heteroatoms. The lowest BCUT2D eigenvalue weighted by Gasteiger charge is -2.20. The topological polar surface area (TPSA) is 0 Å². The number of rotatable bonds is 9. The predicted octanol–water partition coefficient (Wildman–Crippen LogP) is 20.0. The number of hydrogen-bond acceptors (Lipinski definition) is 0. The van der Waals surface area contributed by atoms with Gasteiger partial charge in [-0.25, -0.2) is 0 Å². The molecule has 0 unspecified atom stereocenters. The second-order valence-corrected chi connectivity index (χ2v) is 25.2. The molecule has 0 radical (unpaired) electrons. The molecule has 0 amide bonds. The zero-order chi connectivity index (χ0) is 45.4. The molecule has 0 atom stereocenters. The second-order valence-electron chi connectivity index (χ2n) is 25.2. The van der Waals surface area contributed by atoms with E-state index in [-0.39, 0.29) is 5.41 Å². The van der Waals surface area contributed by atoms with Crippen LogP contribution in [0.1, 0.15) is 260 Å². The summed E-state index contributed by atoms with van der Waals surface area (Å²) in [4.78, 5) is 0. The normalized spacial score (nSPS) is 11.8. The van der Waals surface area contributed by atoms with Crippen molar-refractivity contribution in [3.8, 4) is 11.8 Å². The van der Waals surface area contributed by atoms with Gasteiger partial charge < -0.3 is 0 Å². The Labute approximate surface area is 351 Å². The van der Waals surface area contributed by atoms with Gasteiger partial charge in [-0.3, -0.25) is 0 Å². The third-order valence-corrected chi connectivity index (χ3v) is 6.63. The summed E-state index contributed by atoms with van der Waals surface area (Å²) in [6, 6.07) is 0. The highest BCUT2D eigenvalue weighted by molar-refractivity contribution is 5.08. The van der Waals surface area contributed by atoms with Crippen LogP contribution in [-0.4, -0.2) is 0 Å². The summed E-state index contributed by atoms with van der Waals surface area (Å²) in [7, 11) is 0. The smallest absolute Gasteiger partial charge is 0.0230 e. The molecule has 0 aromatic heterocycles. The van der Waals surface area contributed by atoms with E-state index in [9.17, 15) is 0 Å². The molecule has 0 spiro atoms. The van der Waals surface area contributed by atoms with E-state index in [0.717, 1.165) is 53.3 Å². The van der Waals surface area contributed by atoms with Gasteiger partial charge in [0.1, 0.15) is 0 Å². The average Bonchev–Trinajstić information content (AvgIpc) is 2.77. The van der Waals surface area contributed by atoms with E-state index in [1.165, 1.54) is 38.5 Å². The van der Waals surface area contributed by atoms with E-state index < -0.39 is 0 Å². The van der Waals surface area contributed by atoms with E-state index in [4.69, 9.17) is 0 Å². The molecule has 0 saturated carbocycles. The molecule has 0 rings (SSSR count). The van der Waals surface area contributed by atoms with Gasteiger partial charge in [-0.2, -0.15) is 0 Å². The first-order valence-corrected chi connectivity index (χ1v) is 23.1. The van der Waals surface area contributed by atoms with Crippen LogP contribution in [0.25, 0.3) is 0 Å². The molecule has 0 aromatic rings. The zero-order valence-electron chi connectivity index (χ0n) is 45.0. The zero-order valence-corrected chi connectivity index (χ0v) is 45.0. The fourth-order valence-electron chi connectivity index (χ4n) is 6.86. The van der Waals surface area contributed by atoms with Crippen molar-refractivity contribution >= 4 is 0 Å². The van der Waals surface area contributed by atoms with Crippen LogP contribution in [0, 0.1) is 92.7 Å². The summed E-state index contributed by atoms with van der Waals surface area (Å²) in [5.41, 5.74) is 1.74. The van der Waals surface area contributed by atoms with Gasteiger partial charge in [0.2, 0.25) is 0 Å². The molecule has 0 heterocycles. The van der Waals surface area contributed by atoms with Crippen molar-refractivity contribution in [2.24, 2.45) is 80.8 Å². The maximum absolute atomic E-state index is 3.17. The highest BCUT2D eigenvalue weighted by atomic mass is 14.2.